The fourth-order valence-electron chi connectivity index (χ4n) is 10.8. The zero-order chi connectivity index (χ0) is 36.2. The lowest BCUT2D eigenvalue weighted by Crippen LogP contribution is -2.44. The Morgan fingerprint density at radius 3 is 1.54 bits per heavy atom. The monoisotopic (exact) mass is 712 g/mol. The minimum Gasteiger partial charge on any atom is -0.399 e. The smallest absolute Gasteiger partial charge is 0.399 e. The number of rotatable bonds is 1. The van der Waals surface area contributed by atoms with Crippen molar-refractivity contribution in [1.29, 1.82) is 0 Å². The van der Waals surface area contributed by atoms with E-state index in [9.17, 15) is 0 Å². The van der Waals surface area contributed by atoms with Gasteiger partial charge in [0.1, 0.15) is 0 Å². The molecular formula is C50H37BO2S. The Balaban J connectivity index is 1.28. The Hall–Kier alpha value is -5.26. The van der Waals surface area contributed by atoms with Gasteiger partial charge in [-0.05, 0) is 106 Å². The van der Waals surface area contributed by atoms with Crippen LogP contribution in [0.25, 0.3) is 42.4 Å². The summed E-state index contributed by atoms with van der Waals surface area (Å²) in [5, 5.41) is 2.62. The van der Waals surface area contributed by atoms with E-state index in [4.69, 9.17) is 9.31 Å². The van der Waals surface area contributed by atoms with Gasteiger partial charge in [-0.3, -0.25) is 0 Å². The fourth-order valence-corrected chi connectivity index (χ4v) is 12.1. The number of hydrogen-bond acceptors (Lipinski definition) is 3. The maximum absolute atomic E-state index is 6.88. The van der Waals surface area contributed by atoms with E-state index in [1.54, 1.807) is 0 Å². The van der Waals surface area contributed by atoms with E-state index in [0.717, 1.165) is 5.46 Å². The lowest BCUT2D eigenvalue weighted by atomic mass is 9.52. The molecule has 0 bridgehead atoms. The van der Waals surface area contributed by atoms with Crippen molar-refractivity contribution in [3.63, 3.8) is 0 Å². The first kappa shape index (κ1) is 31.1. The summed E-state index contributed by atoms with van der Waals surface area (Å²) in [5.41, 5.74) is 15.0. The summed E-state index contributed by atoms with van der Waals surface area (Å²) < 4.78 is 16.4. The molecule has 8 aromatic rings. The van der Waals surface area contributed by atoms with Crippen molar-refractivity contribution in [1.82, 2.24) is 0 Å². The van der Waals surface area contributed by atoms with E-state index in [-0.39, 0.29) is 0 Å². The molecule has 7 aromatic carbocycles. The van der Waals surface area contributed by atoms with Crippen molar-refractivity contribution in [2.45, 2.75) is 49.7 Å². The summed E-state index contributed by atoms with van der Waals surface area (Å²) in [5.74, 6) is 0. The molecule has 2 spiro atoms. The summed E-state index contributed by atoms with van der Waals surface area (Å²) in [6.45, 7) is 8.60. The van der Waals surface area contributed by atoms with Gasteiger partial charge in [0.25, 0.3) is 0 Å². The molecule has 0 saturated carbocycles. The molecule has 0 atom stereocenters. The van der Waals surface area contributed by atoms with Crippen molar-refractivity contribution in [2.24, 2.45) is 0 Å². The predicted molar refractivity (Wildman–Crippen MR) is 223 cm³/mol. The first-order chi connectivity index (χ1) is 26.3. The molecule has 3 aliphatic carbocycles. The first-order valence-electron chi connectivity index (χ1n) is 19.1. The van der Waals surface area contributed by atoms with Gasteiger partial charge in [0, 0.05) is 20.2 Å². The summed E-state index contributed by atoms with van der Waals surface area (Å²) in [6.07, 6.45) is 0. The van der Waals surface area contributed by atoms with Crippen LogP contribution in [-0.2, 0) is 20.1 Å². The van der Waals surface area contributed by atoms with E-state index in [1.807, 2.05) is 11.3 Å². The molecule has 1 aliphatic heterocycles. The van der Waals surface area contributed by atoms with Crippen LogP contribution in [0.2, 0.25) is 0 Å². The number of hydrogen-bond donors (Lipinski definition) is 0. The molecule has 4 heteroatoms. The summed E-state index contributed by atoms with van der Waals surface area (Å²) >= 11 is 1.93. The Labute approximate surface area is 320 Å². The standard InChI is InChI=1S/C50H37BO2S/c1-47(2)48(3,4)53-51(52-47)42-26-15-25-41-44(42)34-29-28-33-32-18-7-14-27-43(32)54-46(33)45(34)50(41)39-23-12-10-21-37(39)49(38-22-11-13-24-40(38)50)35-19-8-5-16-30(35)31-17-6-9-20-36(31)49/h5-29H,1-4H3. The lowest BCUT2D eigenvalue weighted by Gasteiger charge is -2.49. The molecule has 1 saturated heterocycles. The van der Waals surface area contributed by atoms with Crippen LogP contribution in [0, 0.1) is 0 Å². The van der Waals surface area contributed by atoms with Crippen LogP contribution in [0.4, 0.5) is 0 Å². The van der Waals surface area contributed by atoms with E-state index in [0.29, 0.717) is 0 Å². The Bertz CT molecular complexity index is 2820. The summed E-state index contributed by atoms with van der Waals surface area (Å²) in [6, 6.07) is 57.5. The number of thiophene rings is 1. The van der Waals surface area contributed by atoms with Crippen molar-refractivity contribution >= 4 is 44.1 Å². The zero-order valence-corrected chi connectivity index (χ0v) is 31.6. The molecule has 0 radical (unpaired) electrons. The maximum Gasteiger partial charge on any atom is 0.495 e. The summed E-state index contributed by atoms with van der Waals surface area (Å²) in [7, 11) is -0.500. The second-order valence-corrected chi connectivity index (χ2v) is 17.6. The van der Waals surface area contributed by atoms with Gasteiger partial charge in [-0.25, -0.2) is 0 Å². The third kappa shape index (κ3) is 3.48. The van der Waals surface area contributed by atoms with Gasteiger partial charge >= 0.3 is 7.12 Å². The molecule has 0 amide bonds. The highest BCUT2D eigenvalue weighted by atomic mass is 32.1. The number of benzene rings is 7. The normalized spacial score (nSPS) is 18.4. The van der Waals surface area contributed by atoms with Gasteiger partial charge in [-0.15, -0.1) is 11.3 Å². The van der Waals surface area contributed by atoms with Gasteiger partial charge in [-0.1, -0.05) is 146 Å². The quantitative estimate of drug-likeness (QED) is 0.158. The maximum atomic E-state index is 6.88. The van der Waals surface area contributed by atoms with Gasteiger partial charge in [0.15, 0.2) is 0 Å². The molecule has 2 heterocycles. The minimum atomic E-state index is -0.602. The molecule has 4 aliphatic rings. The topological polar surface area (TPSA) is 18.5 Å². The molecule has 1 fully saturated rings. The second kappa shape index (κ2) is 10.3. The van der Waals surface area contributed by atoms with Crippen LogP contribution in [0.3, 0.4) is 0 Å². The molecule has 54 heavy (non-hydrogen) atoms. The highest BCUT2D eigenvalue weighted by Gasteiger charge is 2.61. The third-order valence-corrected chi connectivity index (χ3v) is 14.8. The van der Waals surface area contributed by atoms with Gasteiger partial charge < -0.3 is 9.31 Å². The summed E-state index contributed by atoms with van der Waals surface area (Å²) in [4.78, 5) is 0. The average molecular weight is 713 g/mol. The molecule has 258 valence electrons. The van der Waals surface area contributed by atoms with Crippen molar-refractivity contribution in [3.05, 3.63) is 196 Å². The minimum absolute atomic E-state index is 0.464. The van der Waals surface area contributed by atoms with Crippen LogP contribution >= 0.6 is 11.3 Å². The predicted octanol–water partition coefficient (Wildman–Crippen LogP) is 11.4. The molecule has 0 unspecified atom stereocenters. The average Bonchev–Trinajstić information content (AvgIpc) is 3.88. The Morgan fingerprint density at radius 1 is 0.426 bits per heavy atom. The Kier molecular flexibility index (Phi) is 5.93. The highest BCUT2D eigenvalue weighted by Crippen LogP contribution is 2.68. The second-order valence-electron chi connectivity index (χ2n) is 16.5. The van der Waals surface area contributed by atoms with Gasteiger partial charge in [0.2, 0.25) is 0 Å². The molecule has 0 N–H and O–H groups in total. The zero-order valence-electron chi connectivity index (χ0n) is 30.7. The van der Waals surface area contributed by atoms with Crippen LogP contribution in [-0.4, -0.2) is 18.3 Å². The van der Waals surface area contributed by atoms with E-state index >= 15 is 0 Å². The van der Waals surface area contributed by atoms with Gasteiger partial charge in [0.05, 0.1) is 22.0 Å². The third-order valence-electron chi connectivity index (χ3n) is 13.6. The van der Waals surface area contributed by atoms with Crippen molar-refractivity contribution < 1.29 is 9.31 Å². The van der Waals surface area contributed by atoms with E-state index in [2.05, 4.69) is 179 Å². The van der Waals surface area contributed by atoms with Crippen molar-refractivity contribution in [2.75, 3.05) is 0 Å². The number of fused-ring (bicyclic) bond motifs is 20. The first-order valence-corrected chi connectivity index (χ1v) is 19.9. The molecule has 12 rings (SSSR count). The Morgan fingerprint density at radius 2 is 0.926 bits per heavy atom. The van der Waals surface area contributed by atoms with E-state index < -0.39 is 29.2 Å². The lowest BCUT2D eigenvalue weighted by molar-refractivity contribution is 0.00578. The molecule has 2 nitrogen and oxygen atoms in total. The van der Waals surface area contributed by atoms with Gasteiger partial charge in [-0.2, -0.15) is 0 Å². The largest absolute Gasteiger partial charge is 0.495 e. The fraction of sp³-hybridized carbons (Fsp3) is 0.160. The van der Waals surface area contributed by atoms with Crippen LogP contribution in [0.5, 0.6) is 0 Å². The van der Waals surface area contributed by atoms with E-state index in [1.165, 1.54) is 86.9 Å². The van der Waals surface area contributed by atoms with Crippen LogP contribution in [0.15, 0.2) is 152 Å². The molecule has 1 aromatic heterocycles. The van der Waals surface area contributed by atoms with Crippen LogP contribution < -0.4 is 5.46 Å². The highest BCUT2D eigenvalue weighted by molar-refractivity contribution is 7.26. The SMILES string of the molecule is CC1(C)OB(c2cccc3c2-c2ccc4c(sc5ccccc54)c2C32c3ccccc3C3(c4ccccc4-c4ccccc43)c3ccccc32)OC1(C)C. The van der Waals surface area contributed by atoms with Crippen molar-refractivity contribution in [3.8, 4) is 22.3 Å². The van der Waals surface area contributed by atoms with Crippen LogP contribution in [0.1, 0.15) is 72.2 Å². The molecular weight excluding hydrogens is 675 g/mol.